The number of hydrogen-bond acceptors (Lipinski definition) is 3. The third-order valence-electron chi connectivity index (χ3n) is 5.54. The minimum absolute atomic E-state index is 0.0663. The fraction of sp³-hybridized carbons (Fsp3) is 0.550. The van der Waals surface area contributed by atoms with Crippen LogP contribution in [0.15, 0.2) is 24.3 Å². The first-order chi connectivity index (χ1) is 13.0. The highest BCUT2D eigenvalue weighted by molar-refractivity contribution is 5.93. The first kappa shape index (κ1) is 19.2. The van der Waals surface area contributed by atoms with Crippen molar-refractivity contribution in [3.63, 3.8) is 0 Å². The molecule has 2 fully saturated rings. The third kappa shape index (κ3) is 4.59. The van der Waals surface area contributed by atoms with Crippen LogP contribution in [-0.4, -0.2) is 59.0 Å². The summed E-state index contributed by atoms with van der Waals surface area (Å²) >= 11 is 0. The van der Waals surface area contributed by atoms with E-state index in [0.717, 1.165) is 25.9 Å². The molecule has 1 aromatic rings. The molecule has 0 saturated carbocycles. The van der Waals surface area contributed by atoms with Crippen molar-refractivity contribution < 1.29 is 19.5 Å². The number of amides is 3. The number of carboxylic acids is 1. The Morgan fingerprint density at radius 2 is 1.70 bits per heavy atom. The van der Waals surface area contributed by atoms with Gasteiger partial charge < -0.3 is 20.2 Å². The van der Waals surface area contributed by atoms with Crippen LogP contribution in [-0.2, 0) is 9.59 Å². The summed E-state index contributed by atoms with van der Waals surface area (Å²) in [5.41, 5.74) is 1.27. The zero-order valence-electron chi connectivity index (χ0n) is 15.7. The van der Waals surface area contributed by atoms with E-state index in [1.165, 1.54) is 0 Å². The van der Waals surface area contributed by atoms with E-state index in [0.29, 0.717) is 37.2 Å². The summed E-state index contributed by atoms with van der Waals surface area (Å²) in [5.74, 6) is -1.72. The number of rotatable bonds is 4. The predicted molar refractivity (Wildman–Crippen MR) is 102 cm³/mol. The minimum Gasteiger partial charge on any atom is -0.481 e. The van der Waals surface area contributed by atoms with E-state index in [2.05, 4.69) is 5.32 Å². The van der Waals surface area contributed by atoms with Crippen molar-refractivity contribution in [3.8, 4) is 0 Å². The van der Waals surface area contributed by atoms with Crippen LogP contribution < -0.4 is 5.32 Å². The summed E-state index contributed by atoms with van der Waals surface area (Å²) in [6, 6.07) is 7.07. The molecule has 0 radical (unpaired) electrons. The maximum atomic E-state index is 12.6. The fourth-order valence-corrected chi connectivity index (χ4v) is 3.71. The Morgan fingerprint density at radius 3 is 2.33 bits per heavy atom. The number of nitrogens with zero attached hydrogens (tertiary/aromatic N) is 2. The van der Waals surface area contributed by atoms with Crippen LogP contribution in [0.1, 0.15) is 44.1 Å². The van der Waals surface area contributed by atoms with E-state index in [1.807, 2.05) is 9.80 Å². The monoisotopic (exact) mass is 373 g/mol. The normalized spacial score (nSPS) is 19.0. The molecule has 3 rings (SSSR count). The Balaban J connectivity index is 1.53. The van der Waals surface area contributed by atoms with Crippen molar-refractivity contribution in [1.82, 2.24) is 9.80 Å². The number of aliphatic carboxylic acids is 1. The number of hydrogen-bond donors (Lipinski definition) is 2. The van der Waals surface area contributed by atoms with Gasteiger partial charge in [-0.2, -0.15) is 0 Å². The molecule has 7 heteroatoms. The quantitative estimate of drug-likeness (QED) is 0.849. The summed E-state index contributed by atoms with van der Waals surface area (Å²) in [6.07, 6.45) is 3.45. The van der Waals surface area contributed by atoms with Crippen LogP contribution in [0.25, 0.3) is 0 Å². The molecule has 2 aliphatic heterocycles. The van der Waals surface area contributed by atoms with Crippen LogP contribution in [0, 0.1) is 5.92 Å². The van der Waals surface area contributed by atoms with Crippen molar-refractivity contribution in [1.29, 1.82) is 0 Å². The molecule has 2 heterocycles. The lowest BCUT2D eigenvalue weighted by atomic mass is 9.95. The maximum absolute atomic E-state index is 12.6. The van der Waals surface area contributed by atoms with E-state index in [9.17, 15) is 14.4 Å². The predicted octanol–water partition coefficient (Wildman–Crippen LogP) is 2.74. The van der Waals surface area contributed by atoms with Crippen molar-refractivity contribution in [2.24, 2.45) is 5.92 Å². The molecule has 0 aliphatic carbocycles. The zero-order valence-corrected chi connectivity index (χ0v) is 15.7. The number of carbonyl (C=O) groups excluding carboxylic acids is 2. The Bertz CT molecular complexity index is 707. The third-order valence-corrected chi connectivity index (χ3v) is 5.54. The molecule has 27 heavy (non-hydrogen) atoms. The second kappa shape index (κ2) is 8.41. The van der Waals surface area contributed by atoms with Gasteiger partial charge in [-0.1, -0.05) is 12.1 Å². The maximum Gasteiger partial charge on any atom is 0.319 e. The number of piperidine rings is 1. The van der Waals surface area contributed by atoms with Gasteiger partial charge in [-0.3, -0.25) is 9.59 Å². The largest absolute Gasteiger partial charge is 0.481 e. The van der Waals surface area contributed by atoms with Crippen molar-refractivity contribution in [3.05, 3.63) is 29.8 Å². The minimum atomic E-state index is -0.895. The Kier molecular flexibility index (Phi) is 5.98. The zero-order chi connectivity index (χ0) is 19.4. The topological polar surface area (TPSA) is 90.0 Å². The standard InChI is InChI=1S/C20H27N3O4/c1-14(19(25)26)16-5-4-6-17(13-16)21-18(24)15-7-11-23(12-8-15)20(27)22-9-2-3-10-22/h4-6,13-15H,2-3,7-12H2,1H3,(H,21,24)(H,25,26). The molecule has 3 amide bonds. The SMILES string of the molecule is CC(C(=O)O)c1cccc(NC(=O)C2CCN(C(=O)N3CCCC3)CC2)c1. The lowest BCUT2D eigenvalue weighted by molar-refractivity contribution is -0.138. The number of benzene rings is 1. The number of nitrogens with one attached hydrogen (secondary N) is 1. The van der Waals surface area contributed by atoms with Gasteiger partial charge in [0.2, 0.25) is 5.91 Å². The van der Waals surface area contributed by atoms with E-state index >= 15 is 0 Å². The van der Waals surface area contributed by atoms with Gasteiger partial charge in [0.15, 0.2) is 0 Å². The number of anilines is 1. The van der Waals surface area contributed by atoms with Crippen LogP contribution in [0.3, 0.4) is 0 Å². The molecule has 2 aliphatic rings. The molecule has 0 bridgehead atoms. The van der Waals surface area contributed by atoms with E-state index in [4.69, 9.17) is 5.11 Å². The van der Waals surface area contributed by atoms with Crippen molar-refractivity contribution in [2.75, 3.05) is 31.5 Å². The molecule has 1 atom stereocenters. The summed E-state index contributed by atoms with van der Waals surface area (Å²) in [4.78, 5) is 39.9. The summed E-state index contributed by atoms with van der Waals surface area (Å²) < 4.78 is 0. The van der Waals surface area contributed by atoms with Crippen LogP contribution in [0.5, 0.6) is 0 Å². The Labute approximate surface area is 159 Å². The van der Waals surface area contributed by atoms with Crippen molar-refractivity contribution >= 4 is 23.6 Å². The number of carbonyl (C=O) groups is 3. The van der Waals surface area contributed by atoms with E-state index < -0.39 is 11.9 Å². The summed E-state index contributed by atoms with van der Waals surface area (Å²) in [6.45, 7) is 4.50. The molecular formula is C20H27N3O4. The fourth-order valence-electron chi connectivity index (χ4n) is 3.71. The van der Waals surface area contributed by atoms with Gasteiger partial charge in [0.1, 0.15) is 0 Å². The highest BCUT2D eigenvalue weighted by Crippen LogP contribution is 2.23. The van der Waals surface area contributed by atoms with Gasteiger partial charge in [-0.05, 0) is 50.3 Å². The summed E-state index contributed by atoms with van der Waals surface area (Å²) in [5, 5.41) is 12.0. The second-order valence-electron chi connectivity index (χ2n) is 7.41. The second-order valence-corrected chi connectivity index (χ2v) is 7.41. The molecule has 0 aromatic heterocycles. The van der Waals surface area contributed by atoms with Crippen LogP contribution in [0.4, 0.5) is 10.5 Å². The molecule has 2 saturated heterocycles. The molecule has 2 N–H and O–H groups in total. The van der Waals surface area contributed by atoms with Crippen molar-refractivity contribution in [2.45, 2.75) is 38.5 Å². The van der Waals surface area contributed by atoms with Gasteiger partial charge in [-0.25, -0.2) is 4.79 Å². The highest BCUT2D eigenvalue weighted by Gasteiger charge is 2.30. The lowest BCUT2D eigenvalue weighted by Gasteiger charge is -2.34. The van der Waals surface area contributed by atoms with Gasteiger partial charge in [0.05, 0.1) is 5.92 Å². The van der Waals surface area contributed by atoms with Crippen LogP contribution in [0.2, 0.25) is 0 Å². The van der Waals surface area contributed by atoms with Gasteiger partial charge in [0.25, 0.3) is 0 Å². The average Bonchev–Trinajstić information content (AvgIpc) is 3.22. The average molecular weight is 373 g/mol. The smallest absolute Gasteiger partial charge is 0.319 e. The first-order valence-electron chi connectivity index (χ1n) is 9.63. The van der Waals surface area contributed by atoms with Crippen LogP contribution >= 0.6 is 0 Å². The van der Waals surface area contributed by atoms with Gasteiger partial charge in [-0.15, -0.1) is 0 Å². The first-order valence-corrected chi connectivity index (χ1v) is 9.63. The molecular weight excluding hydrogens is 346 g/mol. The Morgan fingerprint density at radius 1 is 1.07 bits per heavy atom. The van der Waals surface area contributed by atoms with Gasteiger partial charge in [0, 0.05) is 37.8 Å². The number of urea groups is 1. The van der Waals surface area contributed by atoms with E-state index in [-0.39, 0.29) is 17.9 Å². The number of carboxylic acid groups (broad SMARTS) is 1. The molecule has 7 nitrogen and oxygen atoms in total. The van der Waals surface area contributed by atoms with E-state index in [1.54, 1.807) is 31.2 Å². The molecule has 0 spiro atoms. The highest BCUT2D eigenvalue weighted by atomic mass is 16.4. The molecule has 1 aromatic carbocycles. The van der Waals surface area contributed by atoms with Gasteiger partial charge >= 0.3 is 12.0 Å². The molecule has 1 unspecified atom stereocenters. The molecule has 146 valence electrons. The number of likely N-dealkylation sites (tertiary alicyclic amines) is 2. The summed E-state index contributed by atoms with van der Waals surface area (Å²) in [7, 11) is 0. The Hall–Kier alpha value is -2.57. The lowest BCUT2D eigenvalue weighted by Crippen LogP contribution is -2.47.